The van der Waals surface area contributed by atoms with E-state index in [4.69, 9.17) is 11.6 Å². The summed E-state index contributed by atoms with van der Waals surface area (Å²) in [6.07, 6.45) is 4.71. The Hall–Kier alpha value is -0.170. The molecule has 0 bridgehead atoms. The molecule has 1 rings (SSSR count). The zero-order valence-corrected chi connectivity index (χ0v) is 8.99. The third-order valence-corrected chi connectivity index (χ3v) is 2.31. The Morgan fingerprint density at radius 1 is 1.25 bits per heavy atom. The van der Waals surface area contributed by atoms with E-state index in [-0.39, 0.29) is 5.41 Å². The van der Waals surface area contributed by atoms with E-state index in [0.717, 1.165) is 18.2 Å². The first-order valence-electron chi connectivity index (χ1n) is 4.62. The van der Waals surface area contributed by atoms with Gasteiger partial charge in [0.1, 0.15) is 5.16 Å². The SMILES string of the molecule is CC(C)(C)/C=C(\Cl)N1CCCC1. The normalized spacial score (nSPS) is 20.3. The van der Waals surface area contributed by atoms with E-state index in [1.807, 2.05) is 0 Å². The quantitative estimate of drug-likeness (QED) is 0.570. The van der Waals surface area contributed by atoms with Gasteiger partial charge in [0, 0.05) is 13.1 Å². The maximum atomic E-state index is 6.16. The summed E-state index contributed by atoms with van der Waals surface area (Å²) in [5, 5.41) is 0.931. The molecule has 1 aliphatic rings. The second kappa shape index (κ2) is 3.69. The number of rotatable bonds is 1. The fourth-order valence-corrected chi connectivity index (χ4v) is 1.88. The van der Waals surface area contributed by atoms with Crippen LogP contribution in [0.15, 0.2) is 11.2 Å². The Bertz CT molecular complexity index is 173. The summed E-state index contributed by atoms with van der Waals surface area (Å²) in [6, 6.07) is 0. The van der Waals surface area contributed by atoms with Crippen LogP contribution in [-0.2, 0) is 0 Å². The first kappa shape index (κ1) is 9.91. The van der Waals surface area contributed by atoms with E-state index in [9.17, 15) is 0 Å². The molecule has 0 aliphatic carbocycles. The van der Waals surface area contributed by atoms with E-state index < -0.39 is 0 Å². The molecule has 0 spiro atoms. The lowest BCUT2D eigenvalue weighted by atomic mass is 9.97. The van der Waals surface area contributed by atoms with Crippen molar-refractivity contribution in [3.8, 4) is 0 Å². The van der Waals surface area contributed by atoms with Crippen molar-refractivity contribution in [2.24, 2.45) is 5.41 Å². The van der Waals surface area contributed by atoms with E-state index in [0.29, 0.717) is 0 Å². The number of allylic oxidation sites excluding steroid dienone is 1. The molecule has 1 aliphatic heterocycles. The summed E-state index contributed by atoms with van der Waals surface area (Å²) in [6.45, 7) is 8.78. The standard InChI is InChI=1S/C10H18ClN/c1-10(2,3)8-9(11)12-6-4-5-7-12/h8H,4-7H2,1-3H3/b9-8+. The van der Waals surface area contributed by atoms with Crippen molar-refractivity contribution in [3.63, 3.8) is 0 Å². The summed E-state index contributed by atoms with van der Waals surface area (Å²) in [5.41, 5.74) is 0.194. The maximum absolute atomic E-state index is 6.16. The fraction of sp³-hybridized carbons (Fsp3) is 0.800. The van der Waals surface area contributed by atoms with Gasteiger partial charge in [0.05, 0.1) is 0 Å². The monoisotopic (exact) mass is 187 g/mol. The minimum absolute atomic E-state index is 0.194. The predicted octanol–water partition coefficient (Wildman–Crippen LogP) is 3.21. The topological polar surface area (TPSA) is 3.24 Å². The van der Waals surface area contributed by atoms with Gasteiger partial charge in [-0.3, -0.25) is 0 Å². The highest BCUT2D eigenvalue weighted by molar-refractivity contribution is 6.29. The summed E-state index contributed by atoms with van der Waals surface area (Å²) < 4.78 is 0. The van der Waals surface area contributed by atoms with E-state index in [1.165, 1.54) is 12.8 Å². The van der Waals surface area contributed by atoms with Crippen LogP contribution < -0.4 is 0 Å². The first-order chi connectivity index (χ1) is 5.49. The van der Waals surface area contributed by atoms with Crippen LogP contribution in [0.2, 0.25) is 0 Å². The summed E-state index contributed by atoms with van der Waals surface area (Å²) in [5.74, 6) is 0. The minimum atomic E-state index is 0.194. The van der Waals surface area contributed by atoms with Gasteiger partial charge in [0.15, 0.2) is 0 Å². The van der Waals surface area contributed by atoms with Gasteiger partial charge < -0.3 is 4.90 Å². The van der Waals surface area contributed by atoms with Crippen LogP contribution in [0.25, 0.3) is 0 Å². The van der Waals surface area contributed by atoms with Crippen LogP contribution in [0.3, 0.4) is 0 Å². The molecule has 2 heteroatoms. The van der Waals surface area contributed by atoms with Gasteiger partial charge in [-0.05, 0) is 24.3 Å². The number of likely N-dealkylation sites (tertiary alicyclic amines) is 1. The molecule has 0 aromatic heterocycles. The number of hydrogen-bond acceptors (Lipinski definition) is 1. The Balaban J connectivity index is 2.56. The molecule has 0 saturated carbocycles. The van der Waals surface area contributed by atoms with Gasteiger partial charge in [0.2, 0.25) is 0 Å². The van der Waals surface area contributed by atoms with Gasteiger partial charge in [-0.1, -0.05) is 32.4 Å². The van der Waals surface area contributed by atoms with Gasteiger partial charge in [-0.2, -0.15) is 0 Å². The molecule has 70 valence electrons. The molecule has 1 heterocycles. The summed E-state index contributed by atoms with van der Waals surface area (Å²) in [4.78, 5) is 2.26. The zero-order valence-electron chi connectivity index (χ0n) is 8.23. The van der Waals surface area contributed by atoms with Crippen molar-refractivity contribution < 1.29 is 0 Å². The predicted molar refractivity (Wildman–Crippen MR) is 54.2 cm³/mol. The van der Waals surface area contributed by atoms with Crippen molar-refractivity contribution >= 4 is 11.6 Å². The summed E-state index contributed by atoms with van der Waals surface area (Å²) >= 11 is 6.16. The number of nitrogens with zero attached hydrogens (tertiary/aromatic N) is 1. The average Bonchev–Trinajstić information content (AvgIpc) is 2.32. The Labute approximate surface area is 80.4 Å². The molecule has 0 aromatic rings. The van der Waals surface area contributed by atoms with Crippen molar-refractivity contribution in [3.05, 3.63) is 11.2 Å². The molecule has 0 unspecified atom stereocenters. The molecular formula is C10H18ClN. The van der Waals surface area contributed by atoms with Crippen LogP contribution in [0.4, 0.5) is 0 Å². The molecule has 12 heavy (non-hydrogen) atoms. The maximum Gasteiger partial charge on any atom is 0.101 e. The molecular weight excluding hydrogens is 170 g/mol. The highest BCUT2D eigenvalue weighted by atomic mass is 35.5. The molecule has 0 atom stereocenters. The van der Waals surface area contributed by atoms with Crippen molar-refractivity contribution in [2.75, 3.05) is 13.1 Å². The average molecular weight is 188 g/mol. The van der Waals surface area contributed by atoms with Crippen LogP contribution in [-0.4, -0.2) is 18.0 Å². The van der Waals surface area contributed by atoms with Gasteiger partial charge in [0.25, 0.3) is 0 Å². The molecule has 1 nitrogen and oxygen atoms in total. The van der Waals surface area contributed by atoms with Crippen molar-refractivity contribution in [1.82, 2.24) is 4.90 Å². The van der Waals surface area contributed by atoms with Crippen LogP contribution in [0.5, 0.6) is 0 Å². The smallest absolute Gasteiger partial charge is 0.101 e. The van der Waals surface area contributed by atoms with Crippen LogP contribution in [0.1, 0.15) is 33.6 Å². The fourth-order valence-electron chi connectivity index (χ4n) is 1.38. The van der Waals surface area contributed by atoms with E-state index in [1.54, 1.807) is 0 Å². The molecule has 0 N–H and O–H groups in total. The lowest BCUT2D eigenvalue weighted by molar-refractivity contribution is 0.436. The number of hydrogen-bond donors (Lipinski definition) is 0. The molecule has 0 aromatic carbocycles. The third kappa shape index (κ3) is 3.06. The largest absolute Gasteiger partial charge is 0.363 e. The van der Waals surface area contributed by atoms with Crippen LogP contribution >= 0.6 is 11.6 Å². The van der Waals surface area contributed by atoms with Gasteiger partial charge in [-0.25, -0.2) is 0 Å². The highest BCUT2D eigenvalue weighted by Crippen LogP contribution is 2.24. The Morgan fingerprint density at radius 2 is 1.75 bits per heavy atom. The van der Waals surface area contributed by atoms with Crippen molar-refractivity contribution in [1.29, 1.82) is 0 Å². The highest BCUT2D eigenvalue weighted by Gasteiger charge is 2.15. The molecule has 0 amide bonds. The molecule has 1 saturated heterocycles. The van der Waals surface area contributed by atoms with E-state index >= 15 is 0 Å². The van der Waals surface area contributed by atoms with Gasteiger partial charge >= 0.3 is 0 Å². The molecule has 0 radical (unpaired) electrons. The van der Waals surface area contributed by atoms with Gasteiger partial charge in [-0.15, -0.1) is 0 Å². The second-order valence-electron chi connectivity index (χ2n) is 4.53. The Morgan fingerprint density at radius 3 is 2.17 bits per heavy atom. The minimum Gasteiger partial charge on any atom is -0.363 e. The number of halogens is 1. The summed E-state index contributed by atoms with van der Waals surface area (Å²) in [7, 11) is 0. The van der Waals surface area contributed by atoms with E-state index in [2.05, 4.69) is 31.7 Å². The van der Waals surface area contributed by atoms with Crippen LogP contribution in [0, 0.1) is 5.41 Å². The lowest BCUT2D eigenvalue weighted by Gasteiger charge is -2.20. The molecule has 1 fully saturated rings. The Kier molecular flexibility index (Phi) is 3.05. The lowest BCUT2D eigenvalue weighted by Crippen LogP contribution is -2.17. The van der Waals surface area contributed by atoms with Crippen molar-refractivity contribution in [2.45, 2.75) is 33.6 Å². The second-order valence-corrected chi connectivity index (χ2v) is 4.91. The third-order valence-electron chi connectivity index (χ3n) is 1.96. The zero-order chi connectivity index (χ0) is 9.19. The first-order valence-corrected chi connectivity index (χ1v) is 5.00.